The van der Waals surface area contributed by atoms with E-state index in [4.69, 9.17) is 5.11 Å². The molecule has 0 rings (SSSR count). The summed E-state index contributed by atoms with van der Waals surface area (Å²) < 4.78 is 0. The van der Waals surface area contributed by atoms with Gasteiger partial charge in [0, 0.05) is 51.3 Å². The summed E-state index contributed by atoms with van der Waals surface area (Å²) in [4.78, 5) is 55.1. The molecule has 4 amide bonds. The summed E-state index contributed by atoms with van der Waals surface area (Å²) in [6.07, 6.45) is 32.9. The van der Waals surface area contributed by atoms with Crippen molar-refractivity contribution in [1.29, 1.82) is 0 Å². The number of allylic oxidation sites excluding steroid dienone is 12. The van der Waals surface area contributed by atoms with E-state index in [0.29, 0.717) is 31.7 Å². The fraction of sp³-hybridized carbons (Fsp3) is 0.500. The zero-order valence-corrected chi connectivity index (χ0v) is 29.2. The minimum Gasteiger partial charge on any atom is -0.480 e. The smallest absolute Gasteiger partial charge is 0.327 e. The van der Waals surface area contributed by atoms with Gasteiger partial charge < -0.3 is 26.8 Å². The molecule has 0 bridgehead atoms. The molecule has 258 valence electrons. The van der Waals surface area contributed by atoms with E-state index < -0.39 is 17.9 Å². The second-order valence-corrected chi connectivity index (χ2v) is 12.3. The molecule has 1 unspecified atom stereocenters. The summed E-state index contributed by atoms with van der Waals surface area (Å²) in [5.41, 5.74) is 4.47. The molecule has 0 aromatic heterocycles. The molecule has 12 heteroatoms. The number of nitrogens with one attached hydrogen (secondary N) is 3. The molecule has 6 N–H and O–H groups in total. The molecule has 10 nitrogen and oxygen atoms in total. The topological polar surface area (TPSA) is 168 Å². The molecule has 0 aliphatic carbocycles. The fourth-order valence-electron chi connectivity index (χ4n) is 3.16. The van der Waals surface area contributed by atoms with Crippen molar-refractivity contribution in [2.75, 3.05) is 24.6 Å². The highest BCUT2D eigenvalue weighted by Gasteiger charge is 2.18. The number of rotatable bonds is 25. The highest BCUT2D eigenvalue weighted by molar-refractivity contribution is 8.76. The Bertz CT molecular complexity index is 1030. The van der Waals surface area contributed by atoms with Crippen molar-refractivity contribution in [2.45, 2.75) is 84.6 Å². The quantitative estimate of drug-likeness (QED) is 0.0476. The van der Waals surface area contributed by atoms with Gasteiger partial charge in [-0.3, -0.25) is 19.2 Å². The van der Waals surface area contributed by atoms with Gasteiger partial charge in [0.2, 0.25) is 23.6 Å². The molecule has 0 spiro atoms. The molecule has 0 fully saturated rings. The standard InChI is InChI=1S/C32H49N3O5S2.C2H5NO/c1-3-4-5-6-7-8-9-10-11-12-13-14-15-16-17-18-19-20-21-22-30(37)33-24-25-34-31(38)23-26-41-42-27-29(32(39)40)35-28(2)36;1-2(3)4/h4-5,7-8,10-11,13-14,16-17,19-20,29H,3,6,9,12,15,18,21-27H2,1-2H3,(H,33,37)(H,34,38)(H,35,36)(H,39,40);1H3,(H2,3,4)/b5-4-,8-7-,11-10-,14-13-,17-16-,20-19-;. The lowest BCUT2D eigenvalue weighted by molar-refractivity contribution is -0.140. The zero-order chi connectivity index (χ0) is 34.7. The van der Waals surface area contributed by atoms with Gasteiger partial charge in [0.1, 0.15) is 6.04 Å². The second kappa shape index (κ2) is 34.4. The summed E-state index contributed by atoms with van der Waals surface area (Å²) in [5.74, 6) is -1.27. The van der Waals surface area contributed by atoms with Crippen molar-refractivity contribution >= 4 is 51.2 Å². The number of carbonyl (C=O) groups is 5. The first-order valence-electron chi connectivity index (χ1n) is 15.5. The predicted octanol–water partition coefficient (Wildman–Crippen LogP) is 5.55. The molecule has 0 aliphatic rings. The Kier molecular flexibility index (Phi) is 33.3. The van der Waals surface area contributed by atoms with Crippen molar-refractivity contribution in [3.05, 3.63) is 72.9 Å². The van der Waals surface area contributed by atoms with Crippen molar-refractivity contribution in [2.24, 2.45) is 5.73 Å². The Morgan fingerprint density at radius 3 is 1.50 bits per heavy atom. The van der Waals surface area contributed by atoms with E-state index in [1.54, 1.807) is 0 Å². The maximum absolute atomic E-state index is 11.9. The van der Waals surface area contributed by atoms with Crippen LogP contribution in [0.5, 0.6) is 0 Å². The monoisotopic (exact) mass is 678 g/mol. The largest absolute Gasteiger partial charge is 0.480 e. The third-order valence-corrected chi connectivity index (χ3v) is 7.73. The molecule has 46 heavy (non-hydrogen) atoms. The molecule has 0 saturated carbocycles. The van der Waals surface area contributed by atoms with Crippen LogP contribution in [0, 0.1) is 0 Å². The minimum atomic E-state index is -1.09. The molecular formula is C34H54N4O6S2. The van der Waals surface area contributed by atoms with E-state index in [1.165, 1.54) is 35.4 Å². The van der Waals surface area contributed by atoms with E-state index in [-0.39, 0.29) is 29.9 Å². The van der Waals surface area contributed by atoms with Gasteiger partial charge in [0.25, 0.3) is 0 Å². The number of primary amides is 1. The molecule has 0 saturated heterocycles. The highest BCUT2D eigenvalue weighted by atomic mass is 33.1. The Morgan fingerprint density at radius 1 is 0.674 bits per heavy atom. The Labute approximate surface area is 283 Å². The van der Waals surface area contributed by atoms with Gasteiger partial charge in [-0.15, -0.1) is 0 Å². The first-order chi connectivity index (χ1) is 22.1. The maximum Gasteiger partial charge on any atom is 0.327 e. The van der Waals surface area contributed by atoms with E-state index in [2.05, 4.69) is 95.4 Å². The summed E-state index contributed by atoms with van der Waals surface area (Å²) in [5, 5.41) is 17.0. The molecule has 0 radical (unpaired) electrons. The number of hydrogen-bond donors (Lipinski definition) is 5. The Hall–Kier alpha value is -3.51. The fourth-order valence-corrected chi connectivity index (χ4v) is 5.31. The first-order valence-corrected chi connectivity index (χ1v) is 18.0. The van der Waals surface area contributed by atoms with Crippen molar-refractivity contribution in [3.8, 4) is 0 Å². The number of carboxylic acids is 1. The van der Waals surface area contributed by atoms with Gasteiger partial charge in [-0.1, -0.05) is 101 Å². The van der Waals surface area contributed by atoms with Gasteiger partial charge in [-0.2, -0.15) is 0 Å². The van der Waals surface area contributed by atoms with Crippen LogP contribution in [0.3, 0.4) is 0 Å². The number of hydrogen-bond acceptors (Lipinski definition) is 7. The number of carbonyl (C=O) groups excluding carboxylic acids is 4. The first kappa shape index (κ1) is 44.6. The van der Waals surface area contributed by atoms with Crippen LogP contribution in [-0.2, 0) is 24.0 Å². The average Bonchev–Trinajstić information content (AvgIpc) is 2.99. The molecule has 0 aliphatic heterocycles. The summed E-state index contributed by atoms with van der Waals surface area (Å²) >= 11 is 0. The maximum atomic E-state index is 11.9. The van der Waals surface area contributed by atoms with E-state index in [0.717, 1.165) is 38.5 Å². The number of aliphatic carboxylic acids is 1. The molecule has 0 aromatic rings. The average molecular weight is 679 g/mol. The van der Waals surface area contributed by atoms with Crippen LogP contribution in [0.15, 0.2) is 72.9 Å². The SMILES string of the molecule is CC(N)=O.CC/C=C\C/C=C\C/C=C\C/C=C\C/C=C\C/C=C\CCC(=O)NCCNC(=O)CCSSCC(NC(C)=O)C(=O)O. The minimum absolute atomic E-state index is 0.0529. The second-order valence-electron chi connectivity index (χ2n) is 9.71. The zero-order valence-electron chi connectivity index (χ0n) is 27.6. The van der Waals surface area contributed by atoms with Gasteiger partial charge >= 0.3 is 5.97 Å². The van der Waals surface area contributed by atoms with Crippen LogP contribution >= 0.6 is 21.6 Å². The van der Waals surface area contributed by atoms with Crippen LogP contribution in [0.25, 0.3) is 0 Å². The number of carboxylic acid groups (broad SMARTS) is 1. The summed E-state index contributed by atoms with van der Waals surface area (Å²) in [7, 11) is 2.67. The van der Waals surface area contributed by atoms with Crippen molar-refractivity contribution in [3.63, 3.8) is 0 Å². The molecule has 0 aromatic carbocycles. The number of amides is 4. The summed E-state index contributed by atoms with van der Waals surface area (Å²) in [6.45, 7) is 5.44. The molecular weight excluding hydrogens is 625 g/mol. The molecule has 0 heterocycles. The van der Waals surface area contributed by atoms with E-state index in [9.17, 15) is 24.0 Å². The third kappa shape index (κ3) is 38.5. The molecule has 1 atom stereocenters. The van der Waals surface area contributed by atoms with Crippen LogP contribution in [0.1, 0.15) is 78.6 Å². The van der Waals surface area contributed by atoms with Gasteiger partial charge in [-0.25, -0.2) is 4.79 Å². The lowest BCUT2D eigenvalue weighted by Gasteiger charge is -2.12. The van der Waals surface area contributed by atoms with Gasteiger partial charge in [0.05, 0.1) is 0 Å². The van der Waals surface area contributed by atoms with Crippen LogP contribution in [0.4, 0.5) is 0 Å². The van der Waals surface area contributed by atoms with Crippen LogP contribution < -0.4 is 21.7 Å². The van der Waals surface area contributed by atoms with Crippen LogP contribution in [-0.4, -0.2) is 65.3 Å². The number of nitrogens with two attached hydrogens (primary N) is 1. The normalized spacial score (nSPS) is 12.2. The summed E-state index contributed by atoms with van der Waals surface area (Å²) in [6, 6.07) is -0.947. The van der Waals surface area contributed by atoms with Crippen molar-refractivity contribution in [1.82, 2.24) is 16.0 Å². The van der Waals surface area contributed by atoms with Crippen molar-refractivity contribution < 1.29 is 29.1 Å². The van der Waals surface area contributed by atoms with Gasteiger partial charge in [-0.05, 0) is 44.9 Å². The van der Waals surface area contributed by atoms with Gasteiger partial charge in [0.15, 0.2) is 0 Å². The third-order valence-electron chi connectivity index (χ3n) is 5.31. The van der Waals surface area contributed by atoms with E-state index >= 15 is 0 Å². The van der Waals surface area contributed by atoms with Crippen LogP contribution in [0.2, 0.25) is 0 Å². The van der Waals surface area contributed by atoms with E-state index in [1.807, 2.05) is 6.08 Å². The highest BCUT2D eigenvalue weighted by Crippen LogP contribution is 2.22. The predicted molar refractivity (Wildman–Crippen MR) is 193 cm³/mol. The lowest BCUT2D eigenvalue weighted by Crippen LogP contribution is -2.41. The Morgan fingerprint density at radius 2 is 1.09 bits per heavy atom. The Balaban J connectivity index is 0. The lowest BCUT2D eigenvalue weighted by atomic mass is 10.2.